The Morgan fingerprint density at radius 3 is 1.54 bits per heavy atom. The Morgan fingerprint density at radius 2 is 1.06 bits per heavy atom. The number of hydrogen-bond acceptors (Lipinski definition) is 7. The van der Waals surface area contributed by atoms with Crippen molar-refractivity contribution < 1.29 is 32.8 Å². The van der Waals surface area contributed by atoms with E-state index in [0.29, 0.717) is 42.6 Å². The van der Waals surface area contributed by atoms with Crippen LogP contribution in [0.5, 0.6) is 34.5 Å². The zero-order valence-corrected chi connectivity index (χ0v) is 30.6. The average molecular weight is 669 g/mol. The number of methoxy groups -OCH3 is 4. The maximum atomic E-state index is 6.87. The Labute approximate surface area is 287 Å². The fourth-order valence-electron chi connectivity index (χ4n) is 4.57. The van der Waals surface area contributed by atoms with E-state index in [1.165, 1.54) is 0 Å². The number of rotatable bonds is 14. The highest BCUT2D eigenvalue weighted by Crippen LogP contribution is 2.41. The van der Waals surface area contributed by atoms with E-state index in [9.17, 15) is 0 Å². The molecule has 4 aromatic rings. The summed E-state index contributed by atoms with van der Waals surface area (Å²) < 4.78 is 41.0. The monoisotopic (exact) mass is 668 g/mol. The minimum Gasteiger partial charge on any atom is -0.497 e. The van der Waals surface area contributed by atoms with Crippen LogP contribution in [-0.4, -0.2) is 36.8 Å². The molecule has 0 saturated carbocycles. The van der Waals surface area contributed by atoms with Crippen molar-refractivity contribution in [1.29, 1.82) is 0 Å². The molecule has 1 atom stereocenters. The molecule has 0 radical (unpaired) electrons. The first-order chi connectivity index (χ1) is 23.0. The quantitative estimate of drug-likeness (QED) is 0.0981. The van der Waals surface area contributed by atoms with Gasteiger partial charge in [-0.25, -0.2) is 0 Å². The Balaban J connectivity index is 1.52. The summed E-state index contributed by atoms with van der Waals surface area (Å²) in [5, 5.41) is 0.00739. The average Bonchev–Trinajstić information content (AvgIpc) is 3.09. The molecule has 8 heteroatoms. The Hall–Kier alpha value is -4.58. The van der Waals surface area contributed by atoms with Gasteiger partial charge in [-0.15, -0.1) is 0 Å². The van der Waals surface area contributed by atoms with Crippen molar-refractivity contribution in [1.82, 2.24) is 0 Å². The SMILES string of the molecule is COc1ccc(COc2ccc(CC#CC(O[Si](C)(C)C(C)(C)C)c3ccc(OCc4ccc(OC)cc4)c(OC)c3)cc2OC)cc1. The molecule has 0 bridgehead atoms. The van der Waals surface area contributed by atoms with Crippen molar-refractivity contribution in [3.05, 3.63) is 107 Å². The minimum atomic E-state index is -2.18. The van der Waals surface area contributed by atoms with Crippen LogP contribution in [0.3, 0.4) is 0 Å². The predicted octanol–water partition coefficient (Wildman–Crippen LogP) is 9.19. The second kappa shape index (κ2) is 16.5. The first kappa shape index (κ1) is 36.3. The molecule has 0 spiro atoms. The van der Waals surface area contributed by atoms with Crippen molar-refractivity contribution in [2.75, 3.05) is 28.4 Å². The molecule has 0 amide bonds. The van der Waals surface area contributed by atoms with Gasteiger partial charge in [0.1, 0.15) is 30.8 Å². The molecule has 0 heterocycles. The van der Waals surface area contributed by atoms with Gasteiger partial charge in [-0.1, -0.05) is 69.0 Å². The second-order valence-electron chi connectivity index (χ2n) is 12.9. The van der Waals surface area contributed by atoms with E-state index in [1.807, 2.05) is 84.9 Å². The van der Waals surface area contributed by atoms with Crippen LogP contribution in [0.4, 0.5) is 0 Å². The molecule has 0 aliphatic carbocycles. The third-order valence-electron chi connectivity index (χ3n) is 8.57. The molecule has 0 saturated heterocycles. The van der Waals surface area contributed by atoms with Gasteiger partial charge < -0.3 is 32.8 Å². The molecular weight excluding hydrogens is 621 g/mol. The van der Waals surface area contributed by atoms with E-state index >= 15 is 0 Å². The van der Waals surface area contributed by atoms with Crippen molar-refractivity contribution in [2.24, 2.45) is 0 Å². The van der Waals surface area contributed by atoms with Crippen LogP contribution in [-0.2, 0) is 24.1 Å². The largest absolute Gasteiger partial charge is 0.497 e. The number of benzene rings is 4. The van der Waals surface area contributed by atoms with E-state index in [1.54, 1.807) is 28.4 Å². The molecule has 48 heavy (non-hydrogen) atoms. The van der Waals surface area contributed by atoms with E-state index in [2.05, 4.69) is 45.7 Å². The van der Waals surface area contributed by atoms with Gasteiger partial charge in [-0.3, -0.25) is 0 Å². The summed E-state index contributed by atoms with van der Waals surface area (Å²) in [6.07, 6.45) is 0.0802. The van der Waals surface area contributed by atoms with Gasteiger partial charge in [0.2, 0.25) is 0 Å². The van der Waals surface area contributed by atoms with Gasteiger partial charge in [0.15, 0.2) is 31.3 Å². The van der Waals surface area contributed by atoms with Gasteiger partial charge in [0.25, 0.3) is 0 Å². The standard InChI is InChI=1S/C40H48O7Si/c1-40(2,3)48(8,9)47-35(32-18-24-37(39(26-32)44-7)46-28-31-15-21-34(42-5)22-16-31)12-10-11-29-17-23-36(38(25-29)43-6)45-27-30-13-19-33(41-4)20-14-30/h13-26,35H,11,27-28H2,1-9H3. The smallest absolute Gasteiger partial charge is 0.194 e. The lowest BCUT2D eigenvalue weighted by Crippen LogP contribution is -2.41. The maximum absolute atomic E-state index is 6.87. The highest BCUT2D eigenvalue weighted by molar-refractivity contribution is 6.74. The molecule has 0 aromatic heterocycles. The Morgan fingerprint density at radius 1 is 0.583 bits per heavy atom. The number of ether oxygens (including phenoxy) is 6. The molecule has 254 valence electrons. The molecule has 4 rings (SSSR count). The fraction of sp³-hybridized carbons (Fsp3) is 0.350. The van der Waals surface area contributed by atoms with Gasteiger partial charge in [-0.05, 0) is 88.9 Å². The normalized spacial score (nSPS) is 11.9. The van der Waals surface area contributed by atoms with Gasteiger partial charge in [-0.2, -0.15) is 0 Å². The Kier molecular flexibility index (Phi) is 12.5. The summed E-state index contributed by atoms with van der Waals surface area (Å²) in [7, 11) is 4.41. The minimum absolute atomic E-state index is 0.00739. The molecule has 4 aromatic carbocycles. The molecule has 0 N–H and O–H groups in total. The van der Waals surface area contributed by atoms with Gasteiger partial charge >= 0.3 is 0 Å². The fourth-order valence-corrected chi connectivity index (χ4v) is 5.71. The van der Waals surface area contributed by atoms with Crippen LogP contribution in [0.25, 0.3) is 0 Å². The third-order valence-corrected chi connectivity index (χ3v) is 13.0. The third kappa shape index (κ3) is 9.72. The van der Waals surface area contributed by atoms with Gasteiger partial charge in [0.05, 0.1) is 28.4 Å². The van der Waals surface area contributed by atoms with E-state index < -0.39 is 14.4 Å². The first-order valence-electron chi connectivity index (χ1n) is 16.0. The molecule has 0 aliphatic rings. The summed E-state index contributed by atoms with van der Waals surface area (Å²) >= 11 is 0. The molecule has 0 fully saturated rings. The Bertz CT molecular complexity index is 1680. The van der Waals surface area contributed by atoms with Crippen molar-refractivity contribution >= 4 is 8.32 Å². The summed E-state index contributed by atoms with van der Waals surface area (Å²) in [6.45, 7) is 12.0. The summed E-state index contributed by atoms with van der Waals surface area (Å²) in [4.78, 5) is 0. The lowest BCUT2D eigenvalue weighted by atomic mass is 10.1. The summed E-state index contributed by atoms with van der Waals surface area (Å²) in [6, 6.07) is 27.4. The topological polar surface area (TPSA) is 64.6 Å². The molecule has 1 unspecified atom stereocenters. The van der Waals surface area contributed by atoms with E-state index in [0.717, 1.165) is 33.8 Å². The van der Waals surface area contributed by atoms with Crippen LogP contribution in [0.1, 0.15) is 49.1 Å². The number of hydrogen-bond donors (Lipinski definition) is 0. The van der Waals surface area contributed by atoms with Crippen LogP contribution in [0.2, 0.25) is 18.1 Å². The molecule has 7 nitrogen and oxygen atoms in total. The van der Waals surface area contributed by atoms with Crippen LogP contribution < -0.4 is 28.4 Å². The van der Waals surface area contributed by atoms with Gasteiger partial charge in [0, 0.05) is 6.42 Å². The lowest BCUT2D eigenvalue weighted by Gasteiger charge is -2.38. The van der Waals surface area contributed by atoms with Crippen LogP contribution >= 0.6 is 0 Å². The van der Waals surface area contributed by atoms with E-state index in [4.69, 9.17) is 32.8 Å². The van der Waals surface area contributed by atoms with Crippen LogP contribution in [0, 0.1) is 11.8 Å². The highest BCUT2D eigenvalue weighted by Gasteiger charge is 2.39. The zero-order chi connectivity index (χ0) is 34.7. The zero-order valence-electron chi connectivity index (χ0n) is 29.6. The first-order valence-corrected chi connectivity index (χ1v) is 18.9. The van der Waals surface area contributed by atoms with Crippen molar-refractivity contribution in [3.63, 3.8) is 0 Å². The summed E-state index contributed by atoms with van der Waals surface area (Å²) in [5.41, 5.74) is 4.00. The summed E-state index contributed by atoms with van der Waals surface area (Å²) in [5.74, 6) is 11.0. The van der Waals surface area contributed by atoms with E-state index in [-0.39, 0.29) is 5.04 Å². The highest BCUT2D eigenvalue weighted by atomic mass is 28.4. The molecular formula is C40H48O7Si. The van der Waals surface area contributed by atoms with Crippen LogP contribution in [0.15, 0.2) is 84.9 Å². The van der Waals surface area contributed by atoms with Crippen molar-refractivity contribution in [2.45, 2.75) is 64.6 Å². The second-order valence-corrected chi connectivity index (χ2v) is 17.7. The maximum Gasteiger partial charge on any atom is 0.194 e. The predicted molar refractivity (Wildman–Crippen MR) is 193 cm³/mol. The van der Waals surface area contributed by atoms with Crippen molar-refractivity contribution in [3.8, 4) is 46.3 Å². The lowest BCUT2D eigenvalue weighted by molar-refractivity contribution is 0.236. The molecule has 0 aliphatic heterocycles.